The molecule has 0 bridgehead atoms. The summed E-state index contributed by atoms with van der Waals surface area (Å²) in [6.45, 7) is 21.7. The highest BCUT2D eigenvalue weighted by molar-refractivity contribution is 6.83. The van der Waals surface area contributed by atoms with Gasteiger partial charge in [-0.3, -0.25) is 9.59 Å². The molecule has 0 aliphatic heterocycles. The fourth-order valence-electron chi connectivity index (χ4n) is 4.08. The van der Waals surface area contributed by atoms with Crippen molar-refractivity contribution in [1.82, 2.24) is 0 Å². The maximum Gasteiger partial charge on any atom is 0.302 e. The molecule has 2 N–H and O–H groups in total. The van der Waals surface area contributed by atoms with Gasteiger partial charge in [0.15, 0.2) is 16.6 Å². The summed E-state index contributed by atoms with van der Waals surface area (Å²) in [6, 6.07) is -0.360. The molecule has 1 unspecified atom stereocenters. The minimum atomic E-state index is -1.23. The van der Waals surface area contributed by atoms with Crippen LogP contribution in [0.3, 0.4) is 0 Å². The highest BCUT2D eigenvalue weighted by Gasteiger charge is 2.24. The zero-order valence-corrected chi connectivity index (χ0v) is 29.5. The smallest absolute Gasteiger partial charge is 0.302 e. The average molecular weight is 672 g/mol. The van der Waals surface area contributed by atoms with Crippen molar-refractivity contribution in [2.75, 3.05) is 6.61 Å². The van der Waals surface area contributed by atoms with Crippen molar-refractivity contribution in [3.8, 4) is 0 Å². The van der Waals surface area contributed by atoms with Crippen molar-refractivity contribution in [2.45, 2.75) is 227 Å². The second-order valence-corrected chi connectivity index (χ2v) is 21.9. The second-order valence-electron chi connectivity index (χ2n) is 12.6. The predicted octanol–water partition coefficient (Wildman–Crippen LogP) is 13.6. The number of hydrogen-bond donors (Lipinski definition) is 1. The van der Waals surface area contributed by atoms with E-state index < -0.39 is 16.6 Å². The molecule has 0 aliphatic rings. The Morgan fingerprint density at radius 2 is 0.864 bits per heavy atom. The first-order valence-corrected chi connectivity index (χ1v) is 22.6. The fraction of sp³-hybridized carbons (Fsp3) is 0.946. The van der Waals surface area contributed by atoms with E-state index in [4.69, 9.17) is 14.6 Å². The molecule has 0 aromatic rings. The van der Waals surface area contributed by atoms with Gasteiger partial charge in [0.25, 0.3) is 0 Å². The number of unbranched alkanes of at least 4 members (excludes halogenated alkanes) is 13. The van der Waals surface area contributed by atoms with Crippen molar-refractivity contribution in [2.24, 2.45) is 5.73 Å². The first-order valence-electron chi connectivity index (χ1n) is 15.8. The van der Waals surface area contributed by atoms with Crippen molar-refractivity contribution in [3.63, 3.8) is 0 Å². The number of Topliss-reactive ketones (excluding diaryl/α,β-unsaturated/α-hetero) is 1. The lowest BCUT2D eigenvalue weighted by Crippen LogP contribution is -2.39. The third-order valence-corrected chi connectivity index (χ3v) is 10.5. The predicted molar refractivity (Wildman–Crippen MR) is 213 cm³/mol. The number of carbonyl (C=O) groups excluding carboxylic acids is 2. The molecule has 0 spiro atoms. The van der Waals surface area contributed by atoms with Gasteiger partial charge in [-0.05, 0) is 45.7 Å². The van der Waals surface area contributed by atoms with Crippen LogP contribution in [-0.2, 0) is 18.4 Å². The van der Waals surface area contributed by atoms with Gasteiger partial charge in [0.1, 0.15) is 12.4 Å². The third kappa shape index (κ3) is 73.2. The molecule has 0 aromatic carbocycles. The van der Waals surface area contributed by atoms with E-state index in [0.29, 0.717) is 12.8 Å². The SMILES string of the molecule is C.C.C.C.C.C.CCCCCCCCCC.CCCCCCCCCC(=O)CC(N)COC(C)=O.C[Si](C)(C)O[Si](C)(C)C. The summed E-state index contributed by atoms with van der Waals surface area (Å²) >= 11 is 0. The number of ketones is 1. The molecule has 278 valence electrons. The Bertz CT molecular complexity index is 513. The summed E-state index contributed by atoms with van der Waals surface area (Å²) in [5, 5.41) is 0. The molecular weight excluding hydrogens is 579 g/mol. The molecule has 0 aromatic heterocycles. The van der Waals surface area contributed by atoms with E-state index in [1.807, 2.05) is 0 Å². The van der Waals surface area contributed by atoms with Gasteiger partial charge in [0.2, 0.25) is 0 Å². The summed E-state index contributed by atoms with van der Waals surface area (Å²) in [6.07, 6.45) is 20.8. The van der Waals surface area contributed by atoms with E-state index in [2.05, 4.69) is 60.1 Å². The topological polar surface area (TPSA) is 78.6 Å². The van der Waals surface area contributed by atoms with Gasteiger partial charge < -0.3 is 14.6 Å². The van der Waals surface area contributed by atoms with E-state index in [9.17, 15) is 9.59 Å². The van der Waals surface area contributed by atoms with Gasteiger partial charge in [-0.2, -0.15) is 0 Å². The molecule has 0 rings (SSSR count). The van der Waals surface area contributed by atoms with Crippen LogP contribution in [0.4, 0.5) is 0 Å². The molecule has 0 radical (unpaired) electrons. The van der Waals surface area contributed by atoms with E-state index >= 15 is 0 Å². The lowest BCUT2D eigenvalue weighted by Gasteiger charge is -2.27. The van der Waals surface area contributed by atoms with Crippen LogP contribution in [0, 0.1) is 0 Å². The maximum atomic E-state index is 11.6. The minimum Gasteiger partial charge on any atom is -0.464 e. The number of esters is 1. The first-order chi connectivity index (χ1) is 17.7. The summed E-state index contributed by atoms with van der Waals surface area (Å²) in [7, 11) is -2.46. The number of carbonyl (C=O) groups is 2. The third-order valence-electron chi connectivity index (χ3n) is 5.62. The monoisotopic (exact) mass is 672 g/mol. The van der Waals surface area contributed by atoms with E-state index in [1.54, 1.807) is 0 Å². The van der Waals surface area contributed by atoms with E-state index in [1.165, 1.54) is 90.4 Å². The Kier molecular flexibility index (Phi) is 66.9. The molecule has 0 amide bonds. The first kappa shape index (κ1) is 66.0. The van der Waals surface area contributed by atoms with Crippen LogP contribution in [-0.4, -0.2) is 41.0 Å². The van der Waals surface area contributed by atoms with E-state index in [-0.39, 0.29) is 69.0 Å². The molecule has 0 fully saturated rings. The van der Waals surface area contributed by atoms with Crippen LogP contribution >= 0.6 is 0 Å². The zero-order valence-electron chi connectivity index (χ0n) is 27.5. The quantitative estimate of drug-likeness (QED) is 0.0746. The van der Waals surface area contributed by atoms with Crippen molar-refractivity contribution in [3.05, 3.63) is 0 Å². The number of rotatable bonds is 21. The second kappa shape index (κ2) is 44.6. The molecule has 0 aliphatic carbocycles. The molecule has 7 heteroatoms. The van der Waals surface area contributed by atoms with Crippen LogP contribution in [0.15, 0.2) is 0 Å². The van der Waals surface area contributed by atoms with E-state index in [0.717, 1.165) is 12.8 Å². The number of hydrogen-bond acceptors (Lipinski definition) is 5. The maximum absolute atomic E-state index is 11.6. The standard InChI is InChI=1S/C15H29NO3.C10H22.C6H18OSi2.6CH4/c1-3-4-5-6-7-8-9-10-15(18)11-14(16)12-19-13(2)17;1-3-5-7-9-10-8-6-4-2;1-8(2,3)7-9(4,5)6;;;;;;/h14H,3-12,16H2,1-2H3;3-10H2,1-2H3;1-6H3;6*1H4. The Morgan fingerprint density at radius 1 is 0.568 bits per heavy atom. The molecule has 44 heavy (non-hydrogen) atoms. The summed E-state index contributed by atoms with van der Waals surface area (Å²) in [4.78, 5) is 22.2. The number of ether oxygens (including phenoxy) is 1. The highest BCUT2D eigenvalue weighted by Crippen LogP contribution is 2.13. The Balaban J connectivity index is -0.0000000607. The van der Waals surface area contributed by atoms with Crippen molar-refractivity contribution in [1.29, 1.82) is 0 Å². The lowest BCUT2D eigenvalue weighted by molar-refractivity contribution is -0.142. The van der Waals surface area contributed by atoms with Crippen molar-refractivity contribution < 1.29 is 18.4 Å². The van der Waals surface area contributed by atoms with Gasteiger partial charge in [-0.1, -0.05) is 155 Å². The summed E-state index contributed by atoms with van der Waals surface area (Å²) < 4.78 is 10.7. The molecule has 0 saturated carbocycles. The molecule has 5 nitrogen and oxygen atoms in total. The number of nitrogens with two attached hydrogens (primary N) is 1. The van der Waals surface area contributed by atoms with Gasteiger partial charge in [0, 0.05) is 25.8 Å². The summed E-state index contributed by atoms with van der Waals surface area (Å²) in [5.41, 5.74) is 5.71. The largest absolute Gasteiger partial charge is 0.464 e. The van der Waals surface area contributed by atoms with Gasteiger partial charge >= 0.3 is 5.97 Å². The molecule has 0 heterocycles. The Morgan fingerprint density at radius 3 is 1.11 bits per heavy atom. The van der Waals surface area contributed by atoms with Crippen molar-refractivity contribution >= 4 is 28.4 Å². The van der Waals surface area contributed by atoms with Crippen LogP contribution in [0.2, 0.25) is 39.3 Å². The van der Waals surface area contributed by atoms with Gasteiger partial charge in [-0.15, -0.1) is 0 Å². The van der Waals surface area contributed by atoms with Crippen LogP contribution in [0.1, 0.15) is 181 Å². The van der Waals surface area contributed by atoms with Crippen LogP contribution in [0.5, 0.6) is 0 Å². The molecule has 0 saturated heterocycles. The fourth-order valence-corrected chi connectivity index (χ4v) is 11.4. The van der Waals surface area contributed by atoms with Crippen LogP contribution < -0.4 is 5.73 Å². The van der Waals surface area contributed by atoms with Gasteiger partial charge in [-0.25, -0.2) is 0 Å². The molecule has 1 atom stereocenters. The zero-order chi connectivity index (χ0) is 29.9. The average Bonchev–Trinajstić information content (AvgIpc) is 2.78. The Labute approximate surface area is 285 Å². The minimum absolute atomic E-state index is 0. The Hall–Kier alpha value is -0.506. The van der Waals surface area contributed by atoms with Gasteiger partial charge in [0.05, 0.1) is 0 Å². The highest BCUT2D eigenvalue weighted by atomic mass is 28.4. The normalized spacial score (nSPS) is 10.4. The van der Waals surface area contributed by atoms with Crippen LogP contribution in [0.25, 0.3) is 0 Å². The molecular formula is C37H93NO4Si2. The lowest BCUT2D eigenvalue weighted by atomic mass is 10.0. The summed E-state index contributed by atoms with van der Waals surface area (Å²) in [5.74, 6) is -0.178.